The van der Waals surface area contributed by atoms with Crippen molar-refractivity contribution < 1.29 is 0 Å². The molecule has 0 amide bonds. The molecule has 0 unspecified atom stereocenters. The highest BCUT2D eigenvalue weighted by Crippen LogP contribution is 2.23. The summed E-state index contributed by atoms with van der Waals surface area (Å²) >= 11 is 0. The van der Waals surface area contributed by atoms with E-state index in [1.807, 2.05) is 0 Å². The Hall–Kier alpha value is -0.800. The zero-order chi connectivity index (χ0) is 12.5. The Morgan fingerprint density at radius 3 is 2.18 bits per heavy atom. The number of aromatic nitrogens is 1. The van der Waals surface area contributed by atoms with Crippen LogP contribution < -0.4 is 5.32 Å². The van der Waals surface area contributed by atoms with Crippen molar-refractivity contribution in [2.75, 3.05) is 32.7 Å². The molecule has 17 heavy (non-hydrogen) atoms. The average Bonchev–Trinajstić information content (AvgIpc) is 2.59. The molecule has 2 heterocycles. The highest BCUT2D eigenvalue weighted by atomic mass is 15.2. The summed E-state index contributed by atoms with van der Waals surface area (Å²) in [5.41, 5.74) is 2.90. The lowest BCUT2D eigenvalue weighted by molar-refractivity contribution is 0.161. The molecular formula is C14H25N3. The quantitative estimate of drug-likeness (QED) is 0.861. The van der Waals surface area contributed by atoms with E-state index in [-0.39, 0.29) is 5.54 Å². The molecule has 3 nitrogen and oxygen atoms in total. The lowest BCUT2D eigenvalue weighted by Gasteiger charge is -2.37. The molecule has 0 spiro atoms. The Morgan fingerprint density at radius 1 is 1.12 bits per heavy atom. The first kappa shape index (κ1) is 12.7. The summed E-state index contributed by atoms with van der Waals surface area (Å²) in [6, 6.07) is 4.43. The molecule has 1 saturated heterocycles. The first-order valence-electron chi connectivity index (χ1n) is 6.59. The molecule has 0 atom stereocenters. The molecular weight excluding hydrogens is 210 g/mol. The Kier molecular flexibility index (Phi) is 3.59. The van der Waals surface area contributed by atoms with Crippen LogP contribution in [-0.2, 0) is 5.54 Å². The summed E-state index contributed by atoms with van der Waals surface area (Å²) in [6.07, 6.45) is 0. The molecule has 1 N–H and O–H groups in total. The van der Waals surface area contributed by atoms with Crippen molar-refractivity contribution in [1.29, 1.82) is 0 Å². The number of nitrogens with zero attached hydrogens (tertiary/aromatic N) is 2. The molecule has 0 radical (unpaired) electrons. The van der Waals surface area contributed by atoms with Crippen molar-refractivity contribution in [3.05, 3.63) is 23.5 Å². The number of rotatable bonds is 3. The van der Waals surface area contributed by atoms with E-state index >= 15 is 0 Å². The van der Waals surface area contributed by atoms with Gasteiger partial charge in [0.1, 0.15) is 0 Å². The van der Waals surface area contributed by atoms with Gasteiger partial charge in [0, 0.05) is 44.1 Å². The lowest BCUT2D eigenvalue weighted by Crippen LogP contribution is -2.49. The van der Waals surface area contributed by atoms with Crippen molar-refractivity contribution in [2.24, 2.45) is 0 Å². The highest BCUT2D eigenvalue weighted by molar-refractivity contribution is 5.17. The van der Waals surface area contributed by atoms with Gasteiger partial charge in [-0.15, -0.1) is 0 Å². The van der Waals surface area contributed by atoms with Gasteiger partial charge in [-0.1, -0.05) is 0 Å². The van der Waals surface area contributed by atoms with Crippen molar-refractivity contribution in [3.63, 3.8) is 0 Å². The summed E-state index contributed by atoms with van der Waals surface area (Å²) in [5.74, 6) is 0. The van der Waals surface area contributed by atoms with Crippen LogP contribution in [0.3, 0.4) is 0 Å². The van der Waals surface area contributed by atoms with E-state index in [2.05, 4.69) is 54.6 Å². The van der Waals surface area contributed by atoms with Gasteiger partial charge in [-0.3, -0.25) is 4.90 Å². The van der Waals surface area contributed by atoms with E-state index in [0.717, 1.165) is 19.6 Å². The van der Waals surface area contributed by atoms with E-state index in [9.17, 15) is 0 Å². The lowest BCUT2D eigenvalue weighted by atomic mass is 10.0. The standard InChI is InChI=1S/C14H25N3/c1-12-5-6-13(2)17(12)14(3,4)11-16-9-7-15-8-10-16/h5-6,15H,7-11H2,1-4H3. The molecule has 0 bridgehead atoms. The summed E-state index contributed by atoms with van der Waals surface area (Å²) in [7, 11) is 0. The van der Waals surface area contributed by atoms with Crippen LogP contribution in [0.2, 0.25) is 0 Å². The zero-order valence-corrected chi connectivity index (χ0v) is 11.6. The molecule has 1 aromatic heterocycles. The maximum atomic E-state index is 3.41. The summed E-state index contributed by atoms with van der Waals surface area (Å²) in [6.45, 7) is 14.8. The third kappa shape index (κ3) is 2.72. The predicted molar refractivity (Wildman–Crippen MR) is 72.5 cm³/mol. The molecule has 1 fully saturated rings. The first-order chi connectivity index (χ1) is 8.00. The van der Waals surface area contributed by atoms with Gasteiger partial charge >= 0.3 is 0 Å². The maximum Gasteiger partial charge on any atom is 0.0515 e. The molecule has 3 heteroatoms. The van der Waals surface area contributed by atoms with E-state index in [1.165, 1.54) is 24.5 Å². The van der Waals surface area contributed by atoms with Crippen LogP contribution in [0.15, 0.2) is 12.1 Å². The summed E-state index contributed by atoms with van der Waals surface area (Å²) in [5, 5.41) is 3.41. The van der Waals surface area contributed by atoms with Crippen molar-refractivity contribution in [2.45, 2.75) is 33.2 Å². The molecule has 1 aliphatic heterocycles. The Bertz CT molecular complexity index is 353. The molecule has 0 aliphatic carbocycles. The summed E-state index contributed by atoms with van der Waals surface area (Å²) < 4.78 is 2.47. The van der Waals surface area contributed by atoms with Gasteiger partial charge in [-0.2, -0.15) is 0 Å². The smallest absolute Gasteiger partial charge is 0.0515 e. The minimum absolute atomic E-state index is 0.176. The number of piperazine rings is 1. The summed E-state index contributed by atoms with van der Waals surface area (Å²) in [4.78, 5) is 2.56. The van der Waals surface area contributed by atoms with Crippen LogP contribution >= 0.6 is 0 Å². The van der Waals surface area contributed by atoms with Gasteiger partial charge in [0.15, 0.2) is 0 Å². The van der Waals surface area contributed by atoms with E-state index in [1.54, 1.807) is 0 Å². The average molecular weight is 235 g/mol. The minimum atomic E-state index is 0.176. The fraction of sp³-hybridized carbons (Fsp3) is 0.714. The fourth-order valence-corrected chi connectivity index (χ4v) is 3.11. The van der Waals surface area contributed by atoms with Crippen LogP contribution in [0.4, 0.5) is 0 Å². The normalized spacial score (nSPS) is 18.6. The molecule has 2 rings (SSSR count). The van der Waals surface area contributed by atoms with Gasteiger partial charge in [-0.05, 0) is 39.8 Å². The Balaban J connectivity index is 2.12. The van der Waals surface area contributed by atoms with Crippen LogP contribution in [-0.4, -0.2) is 42.2 Å². The van der Waals surface area contributed by atoms with Crippen molar-refractivity contribution in [3.8, 4) is 0 Å². The van der Waals surface area contributed by atoms with Crippen LogP contribution in [0.25, 0.3) is 0 Å². The fourth-order valence-electron chi connectivity index (χ4n) is 3.11. The van der Waals surface area contributed by atoms with Crippen LogP contribution in [0.1, 0.15) is 25.2 Å². The zero-order valence-electron chi connectivity index (χ0n) is 11.6. The first-order valence-corrected chi connectivity index (χ1v) is 6.59. The van der Waals surface area contributed by atoms with Crippen LogP contribution in [0, 0.1) is 13.8 Å². The van der Waals surface area contributed by atoms with Crippen molar-refractivity contribution in [1.82, 2.24) is 14.8 Å². The second kappa shape index (κ2) is 4.83. The number of hydrogen-bond acceptors (Lipinski definition) is 2. The van der Waals surface area contributed by atoms with Gasteiger partial charge in [0.25, 0.3) is 0 Å². The second-order valence-electron chi connectivity index (χ2n) is 5.79. The van der Waals surface area contributed by atoms with Gasteiger partial charge in [0.05, 0.1) is 5.54 Å². The van der Waals surface area contributed by atoms with E-state index in [0.29, 0.717) is 0 Å². The monoisotopic (exact) mass is 235 g/mol. The Labute approximate surface area is 105 Å². The second-order valence-corrected chi connectivity index (χ2v) is 5.79. The molecule has 1 aliphatic rings. The van der Waals surface area contributed by atoms with Crippen LogP contribution in [0.5, 0.6) is 0 Å². The molecule has 96 valence electrons. The van der Waals surface area contributed by atoms with Crippen molar-refractivity contribution >= 4 is 0 Å². The molecule has 0 aromatic carbocycles. The largest absolute Gasteiger partial charge is 0.342 e. The van der Waals surface area contributed by atoms with E-state index < -0.39 is 0 Å². The number of nitrogens with one attached hydrogen (secondary N) is 1. The van der Waals surface area contributed by atoms with Gasteiger partial charge in [-0.25, -0.2) is 0 Å². The highest BCUT2D eigenvalue weighted by Gasteiger charge is 2.26. The third-order valence-electron chi connectivity index (χ3n) is 3.70. The number of hydrogen-bond donors (Lipinski definition) is 1. The minimum Gasteiger partial charge on any atom is -0.342 e. The Morgan fingerprint density at radius 2 is 1.65 bits per heavy atom. The van der Waals surface area contributed by atoms with E-state index in [4.69, 9.17) is 0 Å². The molecule has 0 saturated carbocycles. The SMILES string of the molecule is Cc1ccc(C)n1C(C)(C)CN1CCNCC1. The topological polar surface area (TPSA) is 20.2 Å². The van der Waals surface area contributed by atoms with Gasteiger partial charge < -0.3 is 9.88 Å². The third-order valence-corrected chi connectivity index (χ3v) is 3.70. The molecule has 1 aromatic rings. The predicted octanol–water partition coefficient (Wildman–Crippen LogP) is 1.75. The van der Waals surface area contributed by atoms with Gasteiger partial charge in [0.2, 0.25) is 0 Å². The maximum absolute atomic E-state index is 3.41. The number of aryl methyl sites for hydroxylation is 2.